The third-order valence-corrected chi connectivity index (χ3v) is 12.1. The molecule has 0 bridgehead atoms. The van der Waals surface area contributed by atoms with E-state index in [1.165, 1.54) is 32.7 Å². The lowest BCUT2D eigenvalue weighted by Crippen LogP contribution is -2.33. The summed E-state index contributed by atoms with van der Waals surface area (Å²) in [4.78, 5) is 10.2. The van der Waals surface area contributed by atoms with Gasteiger partial charge in [-0.3, -0.25) is 0 Å². The van der Waals surface area contributed by atoms with Crippen molar-refractivity contribution in [3.8, 4) is 33.4 Å². The molecule has 12 rings (SSSR count). The Bertz CT molecular complexity index is 3560. The van der Waals surface area contributed by atoms with Crippen LogP contribution in [0.25, 0.3) is 87.6 Å². The maximum absolute atomic E-state index is 6.53. The SMILES string of the molecule is c1ccc(C2=NC(c3ccc4cc(-c5cccc6oc7cc(-c8ccc9ccccc9c8)ccc7c56)ccc4c3)NC(c3ccc(-c4ccc5ccccc5c4)cc3)=N2)cc1. The molecule has 61 heavy (non-hydrogen) atoms. The van der Waals surface area contributed by atoms with E-state index >= 15 is 0 Å². The van der Waals surface area contributed by atoms with E-state index in [2.05, 4.69) is 199 Å². The average molecular weight is 780 g/mol. The molecular weight excluding hydrogens is 743 g/mol. The fourth-order valence-corrected chi connectivity index (χ4v) is 8.89. The van der Waals surface area contributed by atoms with Crippen LogP contribution in [0.3, 0.4) is 0 Å². The second-order valence-corrected chi connectivity index (χ2v) is 15.8. The Morgan fingerprint density at radius 3 is 1.70 bits per heavy atom. The van der Waals surface area contributed by atoms with E-state index < -0.39 is 0 Å². The molecule has 1 atom stereocenters. The number of benzene rings is 10. The van der Waals surface area contributed by atoms with E-state index in [9.17, 15) is 0 Å². The van der Waals surface area contributed by atoms with Crippen molar-refractivity contribution >= 4 is 65.9 Å². The Balaban J connectivity index is 0.862. The van der Waals surface area contributed by atoms with E-state index in [-0.39, 0.29) is 6.17 Å². The largest absolute Gasteiger partial charge is 0.456 e. The molecule has 0 spiro atoms. The molecule has 1 N–H and O–H groups in total. The summed E-state index contributed by atoms with van der Waals surface area (Å²) in [5.41, 5.74) is 11.8. The van der Waals surface area contributed by atoms with Crippen molar-refractivity contribution < 1.29 is 4.42 Å². The second kappa shape index (κ2) is 14.3. The zero-order valence-electron chi connectivity index (χ0n) is 33.1. The number of fused-ring (bicyclic) bond motifs is 6. The average Bonchev–Trinajstić information content (AvgIpc) is 3.72. The molecule has 0 saturated heterocycles. The summed E-state index contributed by atoms with van der Waals surface area (Å²) in [6.07, 6.45) is -0.322. The van der Waals surface area contributed by atoms with Crippen molar-refractivity contribution in [3.05, 3.63) is 229 Å². The van der Waals surface area contributed by atoms with E-state index in [4.69, 9.17) is 14.4 Å². The van der Waals surface area contributed by atoms with Gasteiger partial charge in [-0.2, -0.15) is 0 Å². The van der Waals surface area contributed by atoms with Crippen LogP contribution in [0.1, 0.15) is 22.9 Å². The Morgan fingerprint density at radius 2 is 0.934 bits per heavy atom. The highest BCUT2D eigenvalue weighted by atomic mass is 16.3. The van der Waals surface area contributed by atoms with E-state index in [0.717, 1.165) is 77.5 Å². The Kier molecular flexibility index (Phi) is 8.20. The maximum atomic E-state index is 6.53. The smallest absolute Gasteiger partial charge is 0.159 e. The zero-order valence-corrected chi connectivity index (χ0v) is 33.1. The van der Waals surface area contributed by atoms with Gasteiger partial charge in [0.15, 0.2) is 5.84 Å². The van der Waals surface area contributed by atoms with Crippen LogP contribution in [0, 0.1) is 0 Å². The van der Waals surface area contributed by atoms with Gasteiger partial charge >= 0.3 is 0 Å². The summed E-state index contributed by atoms with van der Waals surface area (Å²) < 4.78 is 6.53. The number of aliphatic imine (C=N–C) groups is 2. The molecule has 0 aliphatic carbocycles. The van der Waals surface area contributed by atoms with Gasteiger partial charge in [-0.1, -0.05) is 170 Å². The summed E-state index contributed by atoms with van der Waals surface area (Å²) in [6.45, 7) is 0. The van der Waals surface area contributed by atoms with Crippen LogP contribution >= 0.6 is 0 Å². The fourth-order valence-electron chi connectivity index (χ4n) is 8.89. The predicted molar refractivity (Wildman–Crippen MR) is 254 cm³/mol. The monoisotopic (exact) mass is 779 g/mol. The summed E-state index contributed by atoms with van der Waals surface area (Å²) >= 11 is 0. The predicted octanol–water partition coefficient (Wildman–Crippen LogP) is 14.5. The zero-order chi connectivity index (χ0) is 40.3. The molecule has 1 unspecified atom stereocenters. The van der Waals surface area contributed by atoms with Crippen LogP contribution in [-0.2, 0) is 0 Å². The summed E-state index contributed by atoms with van der Waals surface area (Å²) in [7, 11) is 0. The molecule has 1 aromatic heterocycles. The van der Waals surface area contributed by atoms with Crippen LogP contribution in [0.2, 0.25) is 0 Å². The first-order chi connectivity index (χ1) is 30.2. The third kappa shape index (κ3) is 6.33. The highest BCUT2D eigenvalue weighted by Crippen LogP contribution is 2.40. The van der Waals surface area contributed by atoms with Crippen molar-refractivity contribution in [2.24, 2.45) is 9.98 Å². The van der Waals surface area contributed by atoms with Gasteiger partial charge in [0.25, 0.3) is 0 Å². The van der Waals surface area contributed by atoms with Crippen molar-refractivity contribution in [2.75, 3.05) is 0 Å². The van der Waals surface area contributed by atoms with Crippen LogP contribution in [0.4, 0.5) is 0 Å². The highest BCUT2D eigenvalue weighted by Gasteiger charge is 2.22. The number of furan rings is 1. The molecule has 2 heterocycles. The molecule has 1 aliphatic rings. The van der Waals surface area contributed by atoms with Crippen molar-refractivity contribution in [1.82, 2.24) is 5.32 Å². The molecule has 4 nitrogen and oxygen atoms in total. The molecule has 1 aliphatic heterocycles. The van der Waals surface area contributed by atoms with Gasteiger partial charge in [0.2, 0.25) is 0 Å². The van der Waals surface area contributed by atoms with E-state index in [1.54, 1.807) is 0 Å². The first-order valence-corrected chi connectivity index (χ1v) is 20.7. The van der Waals surface area contributed by atoms with Gasteiger partial charge in [0.05, 0.1) is 0 Å². The second-order valence-electron chi connectivity index (χ2n) is 15.8. The van der Waals surface area contributed by atoms with Crippen LogP contribution in [0.15, 0.2) is 227 Å². The fraction of sp³-hybridized carbons (Fsp3) is 0.0175. The van der Waals surface area contributed by atoms with Gasteiger partial charge in [0.1, 0.15) is 23.2 Å². The Labute approximate surface area is 352 Å². The number of nitrogens with zero attached hydrogens (tertiary/aromatic N) is 2. The van der Waals surface area contributed by atoms with Gasteiger partial charge in [-0.25, -0.2) is 9.98 Å². The molecule has 0 radical (unpaired) electrons. The third-order valence-electron chi connectivity index (χ3n) is 12.1. The molecule has 10 aromatic carbocycles. The minimum absolute atomic E-state index is 0.322. The summed E-state index contributed by atoms with van der Waals surface area (Å²) in [5, 5.41) is 13.2. The van der Waals surface area contributed by atoms with Gasteiger partial charge in [-0.05, 0) is 114 Å². The molecule has 11 aromatic rings. The minimum Gasteiger partial charge on any atom is -0.456 e. The van der Waals surface area contributed by atoms with Crippen molar-refractivity contribution in [3.63, 3.8) is 0 Å². The van der Waals surface area contributed by atoms with Gasteiger partial charge < -0.3 is 9.73 Å². The normalized spacial score (nSPS) is 14.1. The summed E-state index contributed by atoms with van der Waals surface area (Å²) in [6, 6.07) is 75.4. The number of hydrogen-bond donors (Lipinski definition) is 1. The van der Waals surface area contributed by atoms with Crippen LogP contribution < -0.4 is 5.32 Å². The first-order valence-electron chi connectivity index (χ1n) is 20.7. The number of nitrogens with one attached hydrogen (secondary N) is 1. The van der Waals surface area contributed by atoms with Crippen molar-refractivity contribution in [2.45, 2.75) is 6.17 Å². The Hall–Kier alpha value is -8.08. The lowest BCUT2D eigenvalue weighted by molar-refractivity contribution is 0.669. The lowest BCUT2D eigenvalue weighted by atomic mass is 9.95. The maximum Gasteiger partial charge on any atom is 0.159 e. The van der Waals surface area contributed by atoms with Crippen molar-refractivity contribution in [1.29, 1.82) is 0 Å². The number of amidine groups is 2. The van der Waals surface area contributed by atoms with Gasteiger partial charge in [-0.15, -0.1) is 0 Å². The van der Waals surface area contributed by atoms with E-state index in [1.807, 2.05) is 18.2 Å². The Morgan fingerprint density at radius 1 is 0.377 bits per heavy atom. The van der Waals surface area contributed by atoms with E-state index in [0.29, 0.717) is 5.84 Å². The van der Waals surface area contributed by atoms with Crippen LogP contribution in [0.5, 0.6) is 0 Å². The number of rotatable bonds is 6. The highest BCUT2D eigenvalue weighted by molar-refractivity contribution is 6.14. The molecular formula is C57H37N3O. The summed E-state index contributed by atoms with van der Waals surface area (Å²) in [5.74, 6) is 1.50. The van der Waals surface area contributed by atoms with Gasteiger partial charge in [0, 0.05) is 21.9 Å². The van der Waals surface area contributed by atoms with Crippen LogP contribution in [-0.4, -0.2) is 11.7 Å². The standard InChI is InChI=1S/C57H37N3O/c1-2-11-39(12-3-1)55-58-56(40-21-17-38(18-22-40)43-23-19-36-9-4-6-13-41(36)31-43)60-57(59-55)49-28-26-45-33-48(27-25-46(45)34-49)50-15-8-16-52-54(50)51-30-29-47(35-53(51)61-52)44-24-20-37-10-5-7-14-42(37)32-44/h1-35,57H,(H,58,59,60). The quantitative estimate of drug-likeness (QED) is 0.183. The first kappa shape index (κ1) is 34.9. The topological polar surface area (TPSA) is 49.9 Å². The lowest BCUT2D eigenvalue weighted by Gasteiger charge is -2.24. The number of hydrogen-bond acceptors (Lipinski definition) is 4. The molecule has 0 amide bonds. The minimum atomic E-state index is -0.322. The molecule has 0 fully saturated rings. The molecule has 4 heteroatoms. The molecule has 0 saturated carbocycles. The molecule has 286 valence electrons.